The smallest absolute Gasteiger partial charge is 0.175 e. The fourth-order valence-electron chi connectivity index (χ4n) is 2.29. The van der Waals surface area contributed by atoms with Crippen molar-refractivity contribution >= 4 is 9.84 Å². The Morgan fingerprint density at radius 2 is 1.95 bits per heavy atom. The lowest BCUT2D eigenvalue weighted by molar-refractivity contribution is 0.0661. The van der Waals surface area contributed by atoms with E-state index in [4.69, 9.17) is 4.74 Å². The molecule has 1 unspecified atom stereocenters. The maximum Gasteiger partial charge on any atom is 0.175 e. The number of benzene rings is 1. The summed E-state index contributed by atoms with van der Waals surface area (Å²) in [7, 11) is -3.13. The van der Waals surface area contributed by atoms with E-state index in [0.29, 0.717) is 23.4 Å². The molecule has 1 fully saturated rings. The minimum Gasteiger partial charge on any atom is -0.478 e. The lowest BCUT2D eigenvalue weighted by atomic mass is 10.1. The van der Waals surface area contributed by atoms with Gasteiger partial charge in [-0.15, -0.1) is 0 Å². The number of likely N-dealkylation sites (tertiary alicyclic amines) is 1. The van der Waals surface area contributed by atoms with Gasteiger partial charge in [-0.05, 0) is 44.0 Å². The fraction of sp³-hybridized carbons (Fsp3) is 0.571. The molecule has 4 nitrogen and oxygen atoms in total. The van der Waals surface area contributed by atoms with Crippen LogP contribution < -0.4 is 4.74 Å². The van der Waals surface area contributed by atoms with Crippen LogP contribution in [0.15, 0.2) is 29.2 Å². The summed E-state index contributed by atoms with van der Waals surface area (Å²) in [6.45, 7) is 3.86. The van der Waals surface area contributed by atoms with E-state index >= 15 is 0 Å². The standard InChI is InChI=1S/C14H21NO3S/c1-12-5-3-4-10-15(12)11-18-13-6-8-14(9-7-13)19(2,16)17/h6-9,12H,3-5,10-11H2,1-2H3. The molecule has 19 heavy (non-hydrogen) atoms. The van der Waals surface area contributed by atoms with Gasteiger partial charge in [0.15, 0.2) is 9.84 Å². The van der Waals surface area contributed by atoms with Crippen LogP contribution in [0.25, 0.3) is 0 Å². The maximum absolute atomic E-state index is 11.3. The van der Waals surface area contributed by atoms with Crippen molar-refractivity contribution in [2.24, 2.45) is 0 Å². The minimum absolute atomic E-state index is 0.325. The van der Waals surface area contributed by atoms with Gasteiger partial charge < -0.3 is 4.74 Å². The van der Waals surface area contributed by atoms with Crippen molar-refractivity contribution in [1.29, 1.82) is 0 Å². The van der Waals surface area contributed by atoms with Gasteiger partial charge in [-0.1, -0.05) is 6.42 Å². The molecule has 0 spiro atoms. The summed E-state index contributed by atoms with van der Waals surface area (Å²) in [6, 6.07) is 7.16. The third kappa shape index (κ3) is 3.94. The molecule has 1 aliphatic heterocycles. The Morgan fingerprint density at radius 1 is 1.26 bits per heavy atom. The number of ether oxygens (including phenoxy) is 1. The zero-order valence-electron chi connectivity index (χ0n) is 11.5. The van der Waals surface area contributed by atoms with Gasteiger partial charge in [-0.3, -0.25) is 4.90 Å². The molecule has 0 aromatic heterocycles. The monoisotopic (exact) mass is 283 g/mol. The van der Waals surface area contributed by atoms with E-state index < -0.39 is 9.84 Å². The summed E-state index contributed by atoms with van der Waals surface area (Å²) < 4.78 is 28.4. The lowest BCUT2D eigenvalue weighted by Gasteiger charge is -2.32. The summed E-state index contributed by atoms with van der Waals surface area (Å²) in [5.41, 5.74) is 0. The summed E-state index contributed by atoms with van der Waals surface area (Å²) >= 11 is 0. The first-order valence-electron chi connectivity index (χ1n) is 6.64. The Hall–Kier alpha value is -1.07. The minimum atomic E-state index is -3.13. The van der Waals surface area contributed by atoms with E-state index in [-0.39, 0.29) is 0 Å². The predicted molar refractivity (Wildman–Crippen MR) is 75.1 cm³/mol. The second-order valence-electron chi connectivity index (χ2n) is 5.17. The second-order valence-corrected chi connectivity index (χ2v) is 7.19. The van der Waals surface area contributed by atoms with Crippen molar-refractivity contribution < 1.29 is 13.2 Å². The van der Waals surface area contributed by atoms with Gasteiger partial charge in [0.2, 0.25) is 0 Å². The van der Waals surface area contributed by atoms with Gasteiger partial charge in [-0.25, -0.2) is 8.42 Å². The maximum atomic E-state index is 11.3. The Kier molecular flexibility index (Phi) is 4.47. The highest BCUT2D eigenvalue weighted by Crippen LogP contribution is 2.19. The van der Waals surface area contributed by atoms with Crippen LogP contribution in [0.2, 0.25) is 0 Å². The van der Waals surface area contributed by atoms with Gasteiger partial charge in [0, 0.05) is 18.8 Å². The molecule has 1 aromatic carbocycles. The Morgan fingerprint density at radius 3 is 2.53 bits per heavy atom. The molecule has 0 saturated carbocycles. The van der Waals surface area contributed by atoms with Crippen molar-refractivity contribution in [3.05, 3.63) is 24.3 Å². The van der Waals surface area contributed by atoms with Crippen molar-refractivity contribution in [3.63, 3.8) is 0 Å². The van der Waals surface area contributed by atoms with Crippen LogP contribution in [-0.4, -0.2) is 38.9 Å². The van der Waals surface area contributed by atoms with Crippen LogP contribution in [0, 0.1) is 0 Å². The Bertz CT molecular complexity index is 510. The van der Waals surface area contributed by atoms with Gasteiger partial charge in [-0.2, -0.15) is 0 Å². The molecule has 5 heteroatoms. The molecule has 1 heterocycles. The number of rotatable bonds is 4. The zero-order chi connectivity index (χ0) is 13.9. The van der Waals surface area contributed by atoms with Crippen molar-refractivity contribution in [1.82, 2.24) is 4.90 Å². The van der Waals surface area contributed by atoms with Gasteiger partial charge >= 0.3 is 0 Å². The number of hydrogen-bond donors (Lipinski definition) is 0. The molecule has 106 valence electrons. The van der Waals surface area contributed by atoms with Crippen molar-refractivity contribution in [3.8, 4) is 5.75 Å². The zero-order valence-corrected chi connectivity index (χ0v) is 12.3. The highest BCUT2D eigenvalue weighted by atomic mass is 32.2. The van der Waals surface area contributed by atoms with Crippen molar-refractivity contribution in [2.75, 3.05) is 19.5 Å². The van der Waals surface area contributed by atoms with E-state index in [2.05, 4.69) is 11.8 Å². The first kappa shape index (κ1) is 14.3. The van der Waals surface area contributed by atoms with Crippen LogP contribution in [0.5, 0.6) is 5.75 Å². The van der Waals surface area contributed by atoms with Crippen LogP contribution in [0.1, 0.15) is 26.2 Å². The number of nitrogens with zero attached hydrogens (tertiary/aromatic N) is 1. The summed E-state index contributed by atoms with van der Waals surface area (Å²) in [5.74, 6) is 0.713. The number of hydrogen-bond acceptors (Lipinski definition) is 4. The molecule has 0 bridgehead atoms. The normalized spacial score (nSPS) is 21.3. The quantitative estimate of drug-likeness (QED) is 0.850. The van der Waals surface area contributed by atoms with E-state index in [9.17, 15) is 8.42 Å². The lowest BCUT2D eigenvalue weighted by Crippen LogP contribution is -2.39. The van der Waals surface area contributed by atoms with E-state index in [0.717, 1.165) is 6.54 Å². The van der Waals surface area contributed by atoms with Crippen LogP contribution in [-0.2, 0) is 9.84 Å². The molecule has 0 amide bonds. The number of sulfone groups is 1. The molecule has 0 N–H and O–H groups in total. The van der Waals surface area contributed by atoms with Gasteiger partial charge in [0.05, 0.1) is 4.90 Å². The molecular formula is C14H21NO3S. The van der Waals surface area contributed by atoms with Crippen LogP contribution in [0.3, 0.4) is 0 Å². The fourth-order valence-corrected chi connectivity index (χ4v) is 2.92. The highest BCUT2D eigenvalue weighted by Gasteiger charge is 2.18. The average Bonchev–Trinajstić information content (AvgIpc) is 2.37. The summed E-state index contributed by atoms with van der Waals surface area (Å²) in [5, 5.41) is 0. The SMILES string of the molecule is CC1CCCCN1COc1ccc(S(C)(=O)=O)cc1. The third-order valence-electron chi connectivity index (χ3n) is 3.59. The summed E-state index contributed by atoms with van der Waals surface area (Å²) in [4.78, 5) is 2.64. The molecule has 0 aliphatic carbocycles. The largest absolute Gasteiger partial charge is 0.478 e. The van der Waals surface area contributed by atoms with E-state index in [1.807, 2.05) is 0 Å². The first-order chi connectivity index (χ1) is 8.97. The van der Waals surface area contributed by atoms with Crippen molar-refractivity contribution in [2.45, 2.75) is 37.1 Å². The van der Waals surface area contributed by atoms with Gasteiger partial charge in [0.25, 0.3) is 0 Å². The van der Waals surface area contributed by atoms with Crippen LogP contribution >= 0.6 is 0 Å². The van der Waals surface area contributed by atoms with E-state index in [1.54, 1.807) is 24.3 Å². The Labute approximate surface area is 115 Å². The highest BCUT2D eigenvalue weighted by molar-refractivity contribution is 7.90. The molecule has 1 saturated heterocycles. The van der Waals surface area contributed by atoms with Crippen LogP contribution in [0.4, 0.5) is 0 Å². The third-order valence-corrected chi connectivity index (χ3v) is 4.72. The average molecular weight is 283 g/mol. The molecule has 1 aliphatic rings. The topological polar surface area (TPSA) is 46.6 Å². The predicted octanol–water partition coefficient (Wildman–Crippen LogP) is 2.30. The molecular weight excluding hydrogens is 262 g/mol. The second kappa shape index (κ2) is 5.92. The molecule has 1 aromatic rings. The molecule has 0 radical (unpaired) electrons. The molecule has 1 atom stereocenters. The Balaban J connectivity index is 1.93. The summed E-state index contributed by atoms with van der Waals surface area (Å²) in [6.07, 6.45) is 4.94. The number of piperidine rings is 1. The first-order valence-corrected chi connectivity index (χ1v) is 8.53. The molecule has 2 rings (SSSR count). The van der Waals surface area contributed by atoms with Gasteiger partial charge in [0.1, 0.15) is 12.5 Å². The van der Waals surface area contributed by atoms with E-state index in [1.165, 1.54) is 25.5 Å².